The number of hydrogen-bond donors (Lipinski definition) is 2. The van der Waals surface area contributed by atoms with Crippen molar-refractivity contribution in [1.82, 2.24) is 5.32 Å². The van der Waals surface area contributed by atoms with Crippen molar-refractivity contribution in [1.29, 1.82) is 0 Å². The smallest absolute Gasteiger partial charge is 0.227 e. The van der Waals surface area contributed by atoms with Crippen LogP contribution in [0, 0.1) is 5.41 Å². The minimum atomic E-state index is -0.395. The molecule has 0 aliphatic heterocycles. The van der Waals surface area contributed by atoms with Crippen LogP contribution in [0.5, 0.6) is 0 Å². The quantitative estimate of drug-likeness (QED) is 0.871. The average Bonchev–Trinajstić information content (AvgIpc) is 2.91. The number of hydrogen-bond acceptors (Lipinski definition) is 3. The third kappa shape index (κ3) is 2.70. The molecule has 0 bridgehead atoms. The number of fused-ring (bicyclic) bond motifs is 1. The Balaban J connectivity index is 2.12. The van der Waals surface area contributed by atoms with Crippen LogP contribution < -0.4 is 11.1 Å². The maximum absolute atomic E-state index is 12.6. The Morgan fingerprint density at radius 3 is 2.89 bits per heavy atom. The average molecular weight is 280 g/mol. The molecular weight excluding hydrogens is 256 g/mol. The highest BCUT2D eigenvalue weighted by Gasteiger charge is 2.35. The lowest BCUT2D eigenvalue weighted by molar-refractivity contribution is -0.132. The number of rotatable bonds is 5. The largest absolute Gasteiger partial charge is 0.349 e. The van der Waals surface area contributed by atoms with Crippen LogP contribution in [0.2, 0.25) is 0 Å². The second kappa shape index (κ2) is 6.06. The van der Waals surface area contributed by atoms with Gasteiger partial charge in [0.05, 0.1) is 11.5 Å². The van der Waals surface area contributed by atoms with Crippen molar-refractivity contribution in [3.05, 3.63) is 21.9 Å². The van der Waals surface area contributed by atoms with Crippen LogP contribution >= 0.6 is 11.3 Å². The van der Waals surface area contributed by atoms with Gasteiger partial charge in [-0.25, -0.2) is 0 Å². The van der Waals surface area contributed by atoms with Gasteiger partial charge >= 0.3 is 0 Å². The molecule has 106 valence electrons. The molecule has 2 rings (SSSR count). The van der Waals surface area contributed by atoms with E-state index in [1.54, 1.807) is 11.3 Å². The lowest BCUT2D eigenvalue weighted by Crippen LogP contribution is -2.46. The van der Waals surface area contributed by atoms with Gasteiger partial charge in [0, 0.05) is 11.4 Å². The Kier molecular flexibility index (Phi) is 4.63. The Hall–Kier alpha value is -0.870. The van der Waals surface area contributed by atoms with Crippen LogP contribution in [0.3, 0.4) is 0 Å². The summed E-state index contributed by atoms with van der Waals surface area (Å²) < 4.78 is 0. The van der Waals surface area contributed by atoms with Crippen molar-refractivity contribution in [3.63, 3.8) is 0 Å². The van der Waals surface area contributed by atoms with E-state index in [4.69, 9.17) is 5.73 Å². The highest BCUT2D eigenvalue weighted by atomic mass is 32.1. The molecule has 0 saturated carbocycles. The fourth-order valence-corrected chi connectivity index (χ4v) is 3.89. The van der Waals surface area contributed by atoms with Crippen molar-refractivity contribution >= 4 is 17.2 Å². The standard InChI is InChI=1S/C15H24N2OS/c1-3-15(4-2,10-16)14(18)17-12-6-5-7-13-11(12)8-9-19-13/h8-9,12H,3-7,10,16H2,1-2H3,(H,17,18). The molecule has 4 heteroatoms. The van der Waals surface area contributed by atoms with Crippen LogP contribution in [-0.4, -0.2) is 12.5 Å². The number of thiophene rings is 1. The van der Waals surface area contributed by atoms with Gasteiger partial charge in [0.15, 0.2) is 0 Å². The molecule has 3 nitrogen and oxygen atoms in total. The van der Waals surface area contributed by atoms with E-state index in [0.717, 1.165) is 32.1 Å². The Labute approximate surface area is 119 Å². The van der Waals surface area contributed by atoms with Gasteiger partial charge in [-0.3, -0.25) is 4.79 Å². The summed E-state index contributed by atoms with van der Waals surface area (Å²) in [7, 11) is 0. The van der Waals surface area contributed by atoms with E-state index in [2.05, 4.69) is 16.8 Å². The summed E-state index contributed by atoms with van der Waals surface area (Å²) in [5.41, 5.74) is 6.78. The molecule has 0 spiro atoms. The van der Waals surface area contributed by atoms with Gasteiger partial charge in [-0.2, -0.15) is 0 Å². The molecule has 1 amide bonds. The van der Waals surface area contributed by atoms with E-state index in [1.165, 1.54) is 10.4 Å². The summed E-state index contributed by atoms with van der Waals surface area (Å²) in [4.78, 5) is 14.0. The van der Waals surface area contributed by atoms with Gasteiger partial charge in [0.1, 0.15) is 0 Å². The molecule has 19 heavy (non-hydrogen) atoms. The van der Waals surface area contributed by atoms with Gasteiger partial charge in [-0.1, -0.05) is 13.8 Å². The fourth-order valence-electron chi connectivity index (χ4n) is 2.90. The predicted molar refractivity (Wildman–Crippen MR) is 80.2 cm³/mol. The van der Waals surface area contributed by atoms with E-state index >= 15 is 0 Å². The molecule has 0 fully saturated rings. The molecule has 0 aromatic carbocycles. The zero-order valence-corrected chi connectivity index (χ0v) is 12.7. The highest BCUT2D eigenvalue weighted by molar-refractivity contribution is 7.10. The minimum absolute atomic E-state index is 0.129. The molecule has 0 saturated heterocycles. The molecule has 1 aromatic rings. The van der Waals surface area contributed by atoms with Gasteiger partial charge in [0.25, 0.3) is 0 Å². The Bertz CT molecular complexity index is 429. The van der Waals surface area contributed by atoms with Crippen molar-refractivity contribution in [2.45, 2.75) is 52.0 Å². The van der Waals surface area contributed by atoms with Gasteiger partial charge in [-0.05, 0) is 49.1 Å². The molecule has 1 aromatic heterocycles. The maximum atomic E-state index is 12.6. The number of nitrogens with one attached hydrogen (secondary N) is 1. The van der Waals surface area contributed by atoms with Crippen LogP contribution in [0.25, 0.3) is 0 Å². The first kappa shape index (κ1) is 14.5. The minimum Gasteiger partial charge on any atom is -0.349 e. The summed E-state index contributed by atoms with van der Waals surface area (Å²) >= 11 is 1.80. The Morgan fingerprint density at radius 2 is 2.26 bits per heavy atom. The monoisotopic (exact) mass is 280 g/mol. The highest BCUT2D eigenvalue weighted by Crippen LogP contribution is 2.34. The first-order valence-electron chi connectivity index (χ1n) is 7.24. The lowest BCUT2D eigenvalue weighted by atomic mass is 9.80. The summed E-state index contributed by atoms with van der Waals surface area (Å²) in [6.45, 7) is 4.52. The summed E-state index contributed by atoms with van der Waals surface area (Å²) in [6.07, 6.45) is 4.96. The zero-order valence-electron chi connectivity index (χ0n) is 11.9. The zero-order chi connectivity index (χ0) is 13.9. The van der Waals surface area contributed by atoms with Crippen molar-refractivity contribution in [2.24, 2.45) is 11.1 Å². The maximum Gasteiger partial charge on any atom is 0.227 e. The topological polar surface area (TPSA) is 55.1 Å². The third-order valence-corrected chi connectivity index (χ3v) is 5.58. The molecule has 1 aliphatic rings. The lowest BCUT2D eigenvalue weighted by Gasteiger charge is -2.32. The van der Waals surface area contributed by atoms with Gasteiger partial charge in [0.2, 0.25) is 5.91 Å². The molecule has 1 aliphatic carbocycles. The third-order valence-electron chi connectivity index (χ3n) is 4.58. The van der Waals surface area contributed by atoms with E-state index in [-0.39, 0.29) is 11.9 Å². The van der Waals surface area contributed by atoms with E-state index < -0.39 is 5.41 Å². The van der Waals surface area contributed by atoms with Crippen molar-refractivity contribution in [3.8, 4) is 0 Å². The molecule has 1 unspecified atom stereocenters. The second-order valence-corrected chi connectivity index (χ2v) is 6.41. The SMILES string of the molecule is CCC(CC)(CN)C(=O)NC1CCCc2sccc21. The second-order valence-electron chi connectivity index (χ2n) is 5.41. The number of carbonyl (C=O) groups is 1. The van der Waals surface area contributed by atoms with Crippen molar-refractivity contribution in [2.75, 3.05) is 6.54 Å². The Morgan fingerprint density at radius 1 is 1.53 bits per heavy atom. The van der Waals surface area contributed by atoms with E-state index in [0.29, 0.717) is 6.54 Å². The molecular formula is C15H24N2OS. The molecule has 1 atom stereocenters. The predicted octanol–water partition coefficient (Wildman–Crippen LogP) is 3.01. The van der Waals surface area contributed by atoms with Crippen LogP contribution in [-0.2, 0) is 11.2 Å². The van der Waals surface area contributed by atoms with Crippen LogP contribution in [0.15, 0.2) is 11.4 Å². The van der Waals surface area contributed by atoms with Crippen LogP contribution in [0.4, 0.5) is 0 Å². The number of carbonyl (C=O) groups excluding carboxylic acids is 1. The number of nitrogens with two attached hydrogens (primary N) is 1. The van der Waals surface area contributed by atoms with Crippen molar-refractivity contribution < 1.29 is 4.79 Å². The molecule has 1 heterocycles. The molecule has 0 radical (unpaired) electrons. The summed E-state index contributed by atoms with van der Waals surface area (Å²) in [5.74, 6) is 0.129. The normalized spacial score (nSPS) is 19.0. The first-order chi connectivity index (χ1) is 9.16. The number of amides is 1. The van der Waals surface area contributed by atoms with Crippen LogP contribution in [0.1, 0.15) is 56.0 Å². The van der Waals surface area contributed by atoms with Gasteiger partial charge < -0.3 is 11.1 Å². The van der Waals surface area contributed by atoms with E-state index in [1.807, 2.05) is 13.8 Å². The first-order valence-corrected chi connectivity index (χ1v) is 8.12. The fraction of sp³-hybridized carbons (Fsp3) is 0.667. The molecule has 3 N–H and O–H groups in total. The summed E-state index contributed by atoms with van der Waals surface area (Å²) in [6, 6.07) is 2.35. The number of aryl methyl sites for hydroxylation is 1. The van der Waals surface area contributed by atoms with E-state index in [9.17, 15) is 4.79 Å². The summed E-state index contributed by atoms with van der Waals surface area (Å²) in [5, 5.41) is 5.37. The van der Waals surface area contributed by atoms with Gasteiger partial charge in [-0.15, -0.1) is 11.3 Å².